The van der Waals surface area contributed by atoms with Crippen LogP contribution in [-0.2, 0) is 9.47 Å². The molecule has 0 saturated carbocycles. The van der Waals surface area contributed by atoms with Crippen LogP contribution >= 0.6 is 0 Å². The molecule has 0 aromatic carbocycles. The van der Waals surface area contributed by atoms with Crippen LogP contribution in [0.1, 0.15) is 26.2 Å². The fourth-order valence-corrected chi connectivity index (χ4v) is 1.04. The highest BCUT2D eigenvalue weighted by molar-refractivity contribution is 4.87. The first-order valence-electron chi connectivity index (χ1n) is 5.57. The van der Waals surface area contributed by atoms with Gasteiger partial charge in [0, 0.05) is 13.2 Å². The van der Waals surface area contributed by atoms with Crippen LogP contribution in [0.2, 0.25) is 0 Å². The number of nitriles is 1. The summed E-state index contributed by atoms with van der Waals surface area (Å²) in [6, 6.07) is 2.04. The molecule has 4 heteroatoms. The Balaban J connectivity index is 3.08. The molecule has 0 rings (SSSR count). The maximum absolute atomic E-state index is 8.63. The second-order valence-electron chi connectivity index (χ2n) is 3.34. The average Bonchev–Trinajstić information content (AvgIpc) is 2.27. The summed E-state index contributed by atoms with van der Waals surface area (Å²) in [6.07, 6.45) is 2.99. The van der Waals surface area contributed by atoms with Gasteiger partial charge in [0.2, 0.25) is 0 Å². The Kier molecular flexibility index (Phi) is 11.0. The molecule has 1 N–H and O–H groups in total. The fraction of sp³-hybridized carbons (Fsp3) is 0.909. The highest BCUT2D eigenvalue weighted by Gasteiger charge is 2.02. The van der Waals surface area contributed by atoms with Crippen molar-refractivity contribution in [2.75, 3.05) is 33.5 Å². The fourth-order valence-electron chi connectivity index (χ4n) is 1.04. The van der Waals surface area contributed by atoms with E-state index < -0.39 is 0 Å². The Morgan fingerprint density at radius 1 is 1.20 bits per heavy atom. The third-order valence-electron chi connectivity index (χ3n) is 2.07. The number of hydrogen-bond donors (Lipinski definition) is 1. The van der Waals surface area contributed by atoms with Crippen LogP contribution in [0.5, 0.6) is 0 Å². The van der Waals surface area contributed by atoms with Crippen molar-refractivity contribution in [3.05, 3.63) is 0 Å². The van der Waals surface area contributed by atoms with Crippen molar-refractivity contribution >= 4 is 0 Å². The summed E-state index contributed by atoms with van der Waals surface area (Å²) in [6.45, 7) is 4.83. The maximum atomic E-state index is 8.63. The second kappa shape index (κ2) is 11.4. The average molecular weight is 214 g/mol. The Morgan fingerprint density at radius 3 is 2.40 bits per heavy atom. The number of unbranched alkanes of at least 4 members (excludes halogenated alkanes) is 1. The predicted octanol–water partition coefficient (Wildman–Crippen LogP) is 1.32. The van der Waals surface area contributed by atoms with Gasteiger partial charge >= 0.3 is 0 Å². The molecule has 88 valence electrons. The van der Waals surface area contributed by atoms with Gasteiger partial charge in [-0.05, 0) is 19.9 Å². The van der Waals surface area contributed by atoms with Crippen LogP contribution < -0.4 is 5.32 Å². The summed E-state index contributed by atoms with van der Waals surface area (Å²) in [7, 11) is 1.78. The van der Waals surface area contributed by atoms with E-state index in [0.717, 1.165) is 25.9 Å². The summed E-state index contributed by atoms with van der Waals surface area (Å²) in [5, 5.41) is 11.5. The second-order valence-corrected chi connectivity index (χ2v) is 3.34. The van der Waals surface area contributed by atoms with Crippen molar-refractivity contribution in [2.24, 2.45) is 0 Å². The van der Waals surface area contributed by atoms with Crippen molar-refractivity contribution in [2.45, 2.75) is 32.2 Å². The molecule has 0 fully saturated rings. The minimum absolute atomic E-state index is 0.106. The first-order valence-corrected chi connectivity index (χ1v) is 5.57. The van der Waals surface area contributed by atoms with Crippen LogP contribution in [0.3, 0.4) is 0 Å². The zero-order chi connectivity index (χ0) is 11.4. The molecule has 0 bridgehead atoms. The molecular weight excluding hydrogens is 192 g/mol. The molecule has 15 heavy (non-hydrogen) atoms. The smallest absolute Gasteiger partial charge is 0.0972 e. The summed E-state index contributed by atoms with van der Waals surface area (Å²) < 4.78 is 10.7. The molecule has 0 amide bonds. The SMILES string of the molecule is CCCCOCCOCCC(C#N)NC. The van der Waals surface area contributed by atoms with E-state index in [1.165, 1.54) is 0 Å². The Morgan fingerprint density at radius 2 is 1.87 bits per heavy atom. The van der Waals surface area contributed by atoms with Crippen molar-refractivity contribution in [3.8, 4) is 6.07 Å². The molecule has 1 atom stereocenters. The Bertz CT molecular complexity index is 168. The van der Waals surface area contributed by atoms with Crippen molar-refractivity contribution < 1.29 is 9.47 Å². The van der Waals surface area contributed by atoms with Crippen LogP contribution in [0, 0.1) is 11.3 Å². The summed E-state index contributed by atoms with van der Waals surface area (Å²) in [5.41, 5.74) is 0. The maximum Gasteiger partial charge on any atom is 0.0972 e. The van der Waals surface area contributed by atoms with Crippen LogP contribution in [0.4, 0.5) is 0 Å². The van der Waals surface area contributed by atoms with E-state index in [4.69, 9.17) is 14.7 Å². The number of rotatable bonds is 10. The molecule has 0 radical (unpaired) electrons. The molecule has 0 aliphatic carbocycles. The third-order valence-corrected chi connectivity index (χ3v) is 2.07. The highest BCUT2D eigenvalue weighted by Crippen LogP contribution is 1.91. The van der Waals surface area contributed by atoms with Gasteiger partial charge in [-0.3, -0.25) is 0 Å². The number of ether oxygens (including phenoxy) is 2. The molecule has 0 aliphatic heterocycles. The van der Waals surface area contributed by atoms with Gasteiger partial charge < -0.3 is 14.8 Å². The zero-order valence-electron chi connectivity index (χ0n) is 9.79. The lowest BCUT2D eigenvalue weighted by Gasteiger charge is -2.08. The monoisotopic (exact) mass is 214 g/mol. The Hall–Kier alpha value is -0.630. The van der Waals surface area contributed by atoms with Crippen LogP contribution in [-0.4, -0.2) is 39.5 Å². The molecule has 0 spiro atoms. The lowest BCUT2D eigenvalue weighted by Crippen LogP contribution is -2.24. The van der Waals surface area contributed by atoms with Crippen molar-refractivity contribution in [1.82, 2.24) is 5.32 Å². The first kappa shape index (κ1) is 14.4. The molecule has 1 unspecified atom stereocenters. The van der Waals surface area contributed by atoms with E-state index in [9.17, 15) is 0 Å². The number of hydrogen-bond acceptors (Lipinski definition) is 4. The zero-order valence-corrected chi connectivity index (χ0v) is 9.79. The van der Waals surface area contributed by atoms with Gasteiger partial charge in [0.25, 0.3) is 0 Å². The molecule has 0 heterocycles. The highest BCUT2D eigenvalue weighted by atomic mass is 16.5. The van der Waals surface area contributed by atoms with Gasteiger partial charge in [-0.2, -0.15) is 5.26 Å². The van der Waals surface area contributed by atoms with Gasteiger partial charge in [-0.1, -0.05) is 13.3 Å². The quantitative estimate of drug-likeness (QED) is 0.557. The van der Waals surface area contributed by atoms with Gasteiger partial charge in [0.15, 0.2) is 0 Å². The van der Waals surface area contributed by atoms with Crippen LogP contribution in [0.15, 0.2) is 0 Å². The molecule has 4 nitrogen and oxygen atoms in total. The standard InChI is InChI=1S/C11H22N2O2/c1-3-4-6-14-8-9-15-7-5-11(10-12)13-2/h11,13H,3-9H2,1-2H3. The van der Waals surface area contributed by atoms with Gasteiger partial charge in [0.1, 0.15) is 0 Å². The molecule has 0 saturated heterocycles. The third kappa shape index (κ3) is 9.67. The van der Waals surface area contributed by atoms with E-state index >= 15 is 0 Å². The number of nitrogens with zero attached hydrogens (tertiary/aromatic N) is 1. The Labute approximate surface area is 92.6 Å². The summed E-state index contributed by atoms with van der Waals surface area (Å²) in [5.74, 6) is 0. The minimum Gasteiger partial charge on any atom is -0.379 e. The summed E-state index contributed by atoms with van der Waals surface area (Å²) >= 11 is 0. The first-order chi connectivity index (χ1) is 7.35. The topological polar surface area (TPSA) is 54.3 Å². The van der Waals surface area contributed by atoms with E-state index in [1.807, 2.05) is 0 Å². The van der Waals surface area contributed by atoms with E-state index in [0.29, 0.717) is 19.8 Å². The molecule has 0 aromatic heterocycles. The largest absolute Gasteiger partial charge is 0.379 e. The van der Waals surface area contributed by atoms with Gasteiger partial charge in [-0.25, -0.2) is 0 Å². The van der Waals surface area contributed by atoms with Gasteiger partial charge in [0.05, 0.1) is 25.3 Å². The van der Waals surface area contributed by atoms with Crippen molar-refractivity contribution in [3.63, 3.8) is 0 Å². The minimum atomic E-state index is -0.106. The predicted molar refractivity (Wildman–Crippen MR) is 59.6 cm³/mol. The van der Waals surface area contributed by atoms with Crippen LogP contribution in [0.25, 0.3) is 0 Å². The lowest BCUT2D eigenvalue weighted by molar-refractivity contribution is 0.0448. The lowest BCUT2D eigenvalue weighted by atomic mass is 10.2. The molecular formula is C11H22N2O2. The normalized spacial score (nSPS) is 12.3. The van der Waals surface area contributed by atoms with E-state index in [2.05, 4.69) is 18.3 Å². The summed E-state index contributed by atoms with van der Waals surface area (Å²) in [4.78, 5) is 0. The molecule has 0 aliphatic rings. The van der Waals surface area contributed by atoms with Crippen molar-refractivity contribution in [1.29, 1.82) is 5.26 Å². The number of nitrogens with one attached hydrogen (secondary N) is 1. The van der Waals surface area contributed by atoms with E-state index in [1.54, 1.807) is 7.05 Å². The van der Waals surface area contributed by atoms with E-state index in [-0.39, 0.29) is 6.04 Å². The van der Waals surface area contributed by atoms with Gasteiger partial charge in [-0.15, -0.1) is 0 Å². The molecule has 0 aromatic rings.